The van der Waals surface area contributed by atoms with E-state index >= 15 is 0 Å². The zero-order valence-electron chi connectivity index (χ0n) is 12.8. The lowest BCUT2D eigenvalue weighted by atomic mass is 9.99. The molecule has 0 aliphatic carbocycles. The monoisotopic (exact) mass is 272 g/mol. The summed E-state index contributed by atoms with van der Waals surface area (Å²) in [6, 6.07) is 11.8. The lowest BCUT2D eigenvalue weighted by molar-refractivity contribution is 0.135. The average molecular weight is 272 g/mol. The van der Waals surface area contributed by atoms with Crippen LogP contribution in [0.3, 0.4) is 0 Å². The van der Waals surface area contributed by atoms with Crippen LogP contribution in [0.4, 0.5) is 0 Å². The molecule has 1 aromatic carbocycles. The Morgan fingerprint density at radius 3 is 2.70 bits per heavy atom. The van der Waals surface area contributed by atoms with Crippen LogP contribution in [0.15, 0.2) is 30.3 Å². The Morgan fingerprint density at radius 2 is 1.85 bits per heavy atom. The Labute approximate surface area is 123 Å². The Balaban J connectivity index is 1.59. The number of piperidine rings is 1. The van der Waals surface area contributed by atoms with E-state index < -0.39 is 0 Å². The average Bonchev–Trinajstić information content (AvgIpc) is 2.69. The van der Waals surface area contributed by atoms with Gasteiger partial charge < -0.3 is 4.90 Å². The first kappa shape index (κ1) is 14.1. The summed E-state index contributed by atoms with van der Waals surface area (Å²) in [7, 11) is 0. The lowest BCUT2D eigenvalue weighted by Crippen LogP contribution is -2.44. The number of hydrogen-bond acceptors (Lipinski definition) is 2. The van der Waals surface area contributed by atoms with Crippen LogP contribution in [0.5, 0.6) is 0 Å². The summed E-state index contributed by atoms with van der Waals surface area (Å²) in [4.78, 5) is 5.46. The molecule has 0 radical (unpaired) electrons. The van der Waals surface area contributed by atoms with Crippen LogP contribution in [0.1, 0.15) is 44.1 Å². The van der Waals surface area contributed by atoms with Crippen LogP contribution in [0.2, 0.25) is 0 Å². The molecule has 20 heavy (non-hydrogen) atoms. The van der Waals surface area contributed by atoms with Crippen molar-refractivity contribution in [1.82, 2.24) is 9.80 Å². The number of nitrogens with zero attached hydrogens (tertiary/aromatic N) is 2. The molecule has 2 atom stereocenters. The van der Waals surface area contributed by atoms with E-state index in [0.717, 1.165) is 6.04 Å². The van der Waals surface area contributed by atoms with Crippen molar-refractivity contribution in [2.75, 3.05) is 32.7 Å². The SMILES string of the molecule is CC(CN1CCCN2CCCCC2C1)c1ccccc1. The number of benzene rings is 1. The van der Waals surface area contributed by atoms with Gasteiger partial charge in [-0.1, -0.05) is 43.7 Å². The maximum atomic E-state index is 2.75. The van der Waals surface area contributed by atoms with Gasteiger partial charge in [-0.15, -0.1) is 0 Å². The van der Waals surface area contributed by atoms with E-state index in [2.05, 4.69) is 47.1 Å². The van der Waals surface area contributed by atoms with Crippen molar-refractivity contribution in [3.8, 4) is 0 Å². The quantitative estimate of drug-likeness (QED) is 0.832. The second-order valence-corrected chi connectivity index (χ2v) is 6.61. The van der Waals surface area contributed by atoms with Gasteiger partial charge in [0.1, 0.15) is 0 Å². The van der Waals surface area contributed by atoms with Gasteiger partial charge in [0.15, 0.2) is 0 Å². The molecule has 2 aliphatic rings. The lowest BCUT2D eigenvalue weighted by Gasteiger charge is -2.36. The molecule has 2 heterocycles. The maximum absolute atomic E-state index is 2.75. The normalized spacial score (nSPS) is 26.8. The molecule has 2 fully saturated rings. The summed E-state index contributed by atoms with van der Waals surface area (Å²) in [5.41, 5.74) is 1.48. The molecule has 1 aromatic rings. The Kier molecular flexibility index (Phi) is 4.74. The van der Waals surface area contributed by atoms with Crippen molar-refractivity contribution in [2.24, 2.45) is 0 Å². The first-order chi connectivity index (χ1) is 9.83. The summed E-state index contributed by atoms with van der Waals surface area (Å²) in [6.07, 6.45) is 5.61. The zero-order valence-corrected chi connectivity index (χ0v) is 12.8. The predicted octanol–water partition coefficient (Wildman–Crippen LogP) is 3.35. The topological polar surface area (TPSA) is 6.48 Å². The van der Waals surface area contributed by atoms with E-state index in [1.807, 2.05) is 0 Å². The van der Waals surface area contributed by atoms with Crippen molar-refractivity contribution in [1.29, 1.82) is 0 Å². The van der Waals surface area contributed by atoms with Crippen molar-refractivity contribution in [2.45, 2.75) is 44.6 Å². The van der Waals surface area contributed by atoms with Crippen LogP contribution in [-0.2, 0) is 0 Å². The molecule has 2 aliphatic heterocycles. The van der Waals surface area contributed by atoms with E-state index in [0.29, 0.717) is 5.92 Å². The molecular formula is C18H28N2. The van der Waals surface area contributed by atoms with Gasteiger partial charge in [0.05, 0.1) is 0 Å². The fourth-order valence-corrected chi connectivity index (χ4v) is 3.89. The minimum absolute atomic E-state index is 0.645. The second-order valence-electron chi connectivity index (χ2n) is 6.61. The van der Waals surface area contributed by atoms with E-state index in [1.54, 1.807) is 0 Å². The van der Waals surface area contributed by atoms with E-state index in [-0.39, 0.29) is 0 Å². The first-order valence-electron chi connectivity index (χ1n) is 8.34. The van der Waals surface area contributed by atoms with Crippen molar-refractivity contribution >= 4 is 0 Å². The van der Waals surface area contributed by atoms with Crippen LogP contribution in [0, 0.1) is 0 Å². The van der Waals surface area contributed by atoms with Crippen LogP contribution < -0.4 is 0 Å². The first-order valence-corrected chi connectivity index (χ1v) is 8.34. The smallest absolute Gasteiger partial charge is 0.0223 e. The minimum Gasteiger partial charge on any atom is -0.301 e. The highest BCUT2D eigenvalue weighted by atomic mass is 15.2. The minimum atomic E-state index is 0.645. The molecule has 2 unspecified atom stereocenters. The molecule has 0 N–H and O–H groups in total. The van der Waals surface area contributed by atoms with Gasteiger partial charge in [0.2, 0.25) is 0 Å². The van der Waals surface area contributed by atoms with Gasteiger partial charge >= 0.3 is 0 Å². The standard InChI is InChI=1S/C18H28N2/c1-16(17-8-3-2-4-9-17)14-19-11-7-13-20-12-6-5-10-18(20)15-19/h2-4,8-9,16,18H,5-7,10-15H2,1H3. The molecule has 2 saturated heterocycles. The third-order valence-electron chi connectivity index (χ3n) is 5.04. The summed E-state index contributed by atoms with van der Waals surface area (Å²) in [6.45, 7) is 8.82. The van der Waals surface area contributed by atoms with Crippen LogP contribution in [0.25, 0.3) is 0 Å². The fraction of sp³-hybridized carbons (Fsp3) is 0.667. The maximum Gasteiger partial charge on any atom is 0.0223 e. The molecule has 2 nitrogen and oxygen atoms in total. The highest BCUT2D eigenvalue weighted by molar-refractivity contribution is 5.19. The highest BCUT2D eigenvalue weighted by Gasteiger charge is 2.27. The summed E-state index contributed by atoms with van der Waals surface area (Å²) in [5.74, 6) is 0.645. The zero-order chi connectivity index (χ0) is 13.8. The fourth-order valence-electron chi connectivity index (χ4n) is 3.89. The largest absolute Gasteiger partial charge is 0.301 e. The van der Waals surface area contributed by atoms with Crippen LogP contribution >= 0.6 is 0 Å². The van der Waals surface area contributed by atoms with Crippen molar-refractivity contribution < 1.29 is 0 Å². The Hall–Kier alpha value is -0.860. The summed E-state index contributed by atoms with van der Waals surface area (Å²) < 4.78 is 0. The van der Waals surface area contributed by atoms with Gasteiger partial charge in [-0.05, 0) is 50.4 Å². The van der Waals surface area contributed by atoms with Gasteiger partial charge in [0.25, 0.3) is 0 Å². The Morgan fingerprint density at radius 1 is 1.05 bits per heavy atom. The number of hydrogen-bond donors (Lipinski definition) is 0. The highest BCUT2D eigenvalue weighted by Crippen LogP contribution is 2.23. The van der Waals surface area contributed by atoms with Crippen molar-refractivity contribution in [3.63, 3.8) is 0 Å². The molecule has 3 rings (SSSR count). The third-order valence-corrected chi connectivity index (χ3v) is 5.04. The van der Waals surface area contributed by atoms with Crippen molar-refractivity contribution in [3.05, 3.63) is 35.9 Å². The van der Waals surface area contributed by atoms with E-state index in [1.165, 1.54) is 64.0 Å². The van der Waals surface area contributed by atoms with Gasteiger partial charge in [0, 0.05) is 19.1 Å². The van der Waals surface area contributed by atoms with Gasteiger partial charge in [-0.3, -0.25) is 4.90 Å². The van der Waals surface area contributed by atoms with Gasteiger partial charge in [-0.25, -0.2) is 0 Å². The molecule has 0 spiro atoms. The molecule has 0 aromatic heterocycles. The summed E-state index contributed by atoms with van der Waals surface area (Å²) in [5, 5.41) is 0. The number of rotatable bonds is 3. The number of fused-ring (bicyclic) bond motifs is 1. The molecule has 0 amide bonds. The second kappa shape index (κ2) is 6.73. The molecular weight excluding hydrogens is 244 g/mol. The molecule has 2 heteroatoms. The Bertz CT molecular complexity index is 403. The van der Waals surface area contributed by atoms with Crippen LogP contribution in [-0.4, -0.2) is 48.6 Å². The van der Waals surface area contributed by atoms with E-state index in [4.69, 9.17) is 0 Å². The van der Waals surface area contributed by atoms with Gasteiger partial charge in [-0.2, -0.15) is 0 Å². The van der Waals surface area contributed by atoms with E-state index in [9.17, 15) is 0 Å². The summed E-state index contributed by atoms with van der Waals surface area (Å²) >= 11 is 0. The third kappa shape index (κ3) is 3.42. The molecule has 0 bridgehead atoms. The molecule has 0 saturated carbocycles. The molecule has 110 valence electrons. The predicted molar refractivity (Wildman–Crippen MR) is 85.1 cm³/mol.